The third-order valence-electron chi connectivity index (χ3n) is 7.33. The predicted molar refractivity (Wildman–Crippen MR) is 146 cm³/mol. The van der Waals surface area contributed by atoms with Gasteiger partial charge in [-0.1, -0.05) is 114 Å². The number of unbranched alkanes of at least 4 members (excludes halogenated alkanes) is 16. The van der Waals surface area contributed by atoms with Crippen molar-refractivity contribution in [1.82, 2.24) is 0 Å². The van der Waals surface area contributed by atoms with Crippen LogP contribution in [-0.2, 0) is 4.57 Å². The summed E-state index contributed by atoms with van der Waals surface area (Å²) >= 11 is 0. The van der Waals surface area contributed by atoms with Crippen molar-refractivity contribution < 1.29 is 13.9 Å². The molecule has 0 bridgehead atoms. The van der Waals surface area contributed by atoms with Gasteiger partial charge in [0.1, 0.15) is 0 Å². The quantitative estimate of drug-likeness (QED) is 0.0592. The fourth-order valence-corrected chi connectivity index (χ4v) is 6.22. The molecule has 0 aliphatic rings. The van der Waals surface area contributed by atoms with Crippen LogP contribution in [0.5, 0.6) is 0 Å². The predicted octanol–water partition coefficient (Wildman–Crippen LogP) is 9.28. The van der Waals surface area contributed by atoms with E-state index in [4.69, 9.17) is 0 Å². The van der Waals surface area contributed by atoms with Crippen LogP contribution in [0.15, 0.2) is 12.2 Å². The first-order valence-corrected chi connectivity index (χ1v) is 15.6. The Labute approximate surface area is 209 Å². The van der Waals surface area contributed by atoms with Crippen molar-refractivity contribution in [2.24, 2.45) is 0 Å². The number of allylic oxidation sites excluding steroid dienone is 2. The molecular formula is C29H59NO2P+. The van der Waals surface area contributed by atoms with E-state index < -0.39 is 13.3 Å². The smallest absolute Gasteiger partial charge is 0.376 e. The molecule has 0 aromatic carbocycles. The number of nitrogens with zero attached hydrogens (tertiary/aromatic N) is 1. The zero-order chi connectivity index (χ0) is 24.8. The van der Waals surface area contributed by atoms with E-state index in [1.165, 1.54) is 109 Å². The summed E-state index contributed by atoms with van der Waals surface area (Å²) in [6.45, 7) is 4.36. The molecule has 0 aliphatic heterocycles. The summed E-state index contributed by atoms with van der Waals surface area (Å²) in [6, 6.07) is 0. The van der Waals surface area contributed by atoms with E-state index in [-0.39, 0.29) is 0 Å². The lowest BCUT2D eigenvalue weighted by Gasteiger charge is -2.39. The monoisotopic (exact) mass is 484 g/mol. The van der Waals surface area contributed by atoms with E-state index in [1.807, 2.05) is 21.1 Å². The molecule has 0 spiro atoms. The molecule has 196 valence electrons. The Morgan fingerprint density at radius 1 is 0.606 bits per heavy atom. The Bertz CT molecular complexity index is 487. The van der Waals surface area contributed by atoms with Crippen LogP contribution in [0.25, 0.3) is 0 Å². The van der Waals surface area contributed by atoms with Crippen molar-refractivity contribution in [2.75, 3.05) is 21.1 Å². The van der Waals surface area contributed by atoms with Crippen LogP contribution in [0, 0.1) is 0 Å². The summed E-state index contributed by atoms with van der Waals surface area (Å²) in [5, 5.41) is -0.588. The lowest BCUT2D eigenvalue weighted by Crippen LogP contribution is -2.55. The van der Waals surface area contributed by atoms with Gasteiger partial charge < -0.3 is 4.89 Å². The largest absolute Gasteiger partial charge is 0.590 e. The second-order valence-corrected chi connectivity index (χ2v) is 12.5. The molecule has 0 aromatic heterocycles. The molecule has 33 heavy (non-hydrogen) atoms. The van der Waals surface area contributed by atoms with Gasteiger partial charge in [-0.15, -0.1) is 0 Å². The van der Waals surface area contributed by atoms with Crippen molar-refractivity contribution in [1.29, 1.82) is 0 Å². The highest BCUT2D eigenvalue weighted by molar-refractivity contribution is 7.38. The standard InChI is InChI=1S/C29H59NO2P/c1-6-8-9-10-11-12-13-14-15-16-17-18-19-20-21-22-23-24-25-26-28-29(27-7-2,33(31)32)30(3,4)5/h11-12H,6-10,13-28H2,1-5H3/q+1/b12-11-. The van der Waals surface area contributed by atoms with Crippen LogP contribution in [0.4, 0.5) is 0 Å². The van der Waals surface area contributed by atoms with Gasteiger partial charge in [0.2, 0.25) is 0 Å². The molecule has 0 saturated carbocycles. The number of hydrogen-bond acceptors (Lipinski definition) is 2. The molecule has 2 atom stereocenters. The first-order valence-electron chi connectivity index (χ1n) is 14.4. The van der Waals surface area contributed by atoms with Crippen LogP contribution in [0.2, 0.25) is 0 Å². The summed E-state index contributed by atoms with van der Waals surface area (Å²) in [5.74, 6) is 0. The molecule has 0 aromatic rings. The molecular weight excluding hydrogens is 425 g/mol. The van der Waals surface area contributed by atoms with Crippen molar-refractivity contribution >= 4 is 8.03 Å². The van der Waals surface area contributed by atoms with Gasteiger partial charge in [-0.05, 0) is 38.5 Å². The molecule has 4 heteroatoms. The highest BCUT2D eigenvalue weighted by atomic mass is 31.1. The van der Waals surface area contributed by atoms with Gasteiger partial charge in [0, 0.05) is 12.8 Å². The lowest BCUT2D eigenvalue weighted by atomic mass is 9.99. The summed E-state index contributed by atoms with van der Waals surface area (Å²) < 4.78 is 12.6. The minimum absolute atomic E-state index is 0.524. The third kappa shape index (κ3) is 16.1. The van der Waals surface area contributed by atoms with Crippen LogP contribution < -0.4 is 4.89 Å². The van der Waals surface area contributed by atoms with E-state index in [0.29, 0.717) is 4.48 Å². The van der Waals surface area contributed by atoms with Crippen LogP contribution >= 0.6 is 8.03 Å². The fraction of sp³-hybridized carbons (Fsp3) is 0.931. The van der Waals surface area contributed by atoms with E-state index in [1.54, 1.807) is 0 Å². The number of rotatable bonds is 24. The van der Waals surface area contributed by atoms with Crippen molar-refractivity contribution in [3.05, 3.63) is 12.2 Å². The minimum atomic E-state index is -2.42. The molecule has 2 unspecified atom stereocenters. The Balaban J connectivity index is 3.57. The van der Waals surface area contributed by atoms with Gasteiger partial charge in [-0.2, -0.15) is 0 Å². The maximum Gasteiger partial charge on any atom is 0.376 e. The van der Waals surface area contributed by atoms with Gasteiger partial charge in [-0.3, -0.25) is 4.48 Å². The number of hydrogen-bond donors (Lipinski definition) is 0. The SMILES string of the molecule is CCCCC/C=C\CCCCCCCCCCCCCCCC(CCC)([P+](=O)[O-])[N+](C)(C)C. The molecule has 0 rings (SSSR count). The molecule has 0 saturated heterocycles. The first-order chi connectivity index (χ1) is 15.8. The molecule has 3 nitrogen and oxygen atoms in total. The molecule has 0 radical (unpaired) electrons. The van der Waals surface area contributed by atoms with Gasteiger partial charge in [-0.25, -0.2) is 0 Å². The molecule has 0 fully saturated rings. The van der Waals surface area contributed by atoms with E-state index in [0.717, 1.165) is 25.7 Å². The van der Waals surface area contributed by atoms with Crippen molar-refractivity contribution in [2.45, 2.75) is 154 Å². The Hall–Kier alpha value is -0.240. The second kappa shape index (κ2) is 21.1. The van der Waals surface area contributed by atoms with Crippen LogP contribution in [-0.4, -0.2) is 30.9 Å². The molecule has 0 heterocycles. The zero-order valence-electron chi connectivity index (χ0n) is 23.2. The van der Waals surface area contributed by atoms with Crippen molar-refractivity contribution in [3.8, 4) is 0 Å². The highest BCUT2D eigenvalue weighted by Crippen LogP contribution is 2.45. The Kier molecular flexibility index (Phi) is 20.9. The third-order valence-corrected chi connectivity index (χ3v) is 9.05. The summed E-state index contributed by atoms with van der Waals surface area (Å²) in [4.78, 5) is 12.1. The van der Waals surface area contributed by atoms with Crippen molar-refractivity contribution in [3.63, 3.8) is 0 Å². The topological polar surface area (TPSA) is 40.1 Å². The summed E-state index contributed by atoms with van der Waals surface area (Å²) in [7, 11) is 3.69. The summed E-state index contributed by atoms with van der Waals surface area (Å²) in [5.41, 5.74) is 0. The Morgan fingerprint density at radius 2 is 1.00 bits per heavy atom. The normalized spacial score (nSPS) is 14.7. The minimum Gasteiger partial charge on any atom is -0.590 e. The van der Waals surface area contributed by atoms with Crippen LogP contribution in [0.3, 0.4) is 0 Å². The van der Waals surface area contributed by atoms with E-state index in [9.17, 15) is 9.46 Å². The first kappa shape index (κ1) is 32.8. The Morgan fingerprint density at radius 3 is 1.36 bits per heavy atom. The summed E-state index contributed by atoms with van der Waals surface area (Å²) in [6.07, 6.45) is 31.1. The number of quaternary nitrogens is 1. The van der Waals surface area contributed by atoms with Gasteiger partial charge in [0.05, 0.1) is 21.1 Å². The average molecular weight is 485 g/mol. The van der Waals surface area contributed by atoms with E-state index in [2.05, 4.69) is 26.0 Å². The van der Waals surface area contributed by atoms with Gasteiger partial charge >= 0.3 is 8.03 Å². The molecule has 0 amide bonds. The zero-order valence-corrected chi connectivity index (χ0v) is 24.1. The van der Waals surface area contributed by atoms with Gasteiger partial charge in [0.15, 0.2) is 0 Å². The lowest BCUT2D eigenvalue weighted by molar-refractivity contribution is -0.910. The maximum atomic E-state index is 12.1. The highest BCUT2D eigenvalue weighted by Gasteiger charge is 2.53. The molecule has 0 aliphatic carbocycles. The fourth-order valence-electron chi connectivity index (χ4n) is 4.99. The average Bonchev–Trinajstić information content (AvgIpc) is 2.76. The van der Waals surface area contributed by atoms with Crippen LogP contribution in [0.1, 0.15) is 149 Å². The second-order valence-electron chi connectivity index (χ2n) is 11.1. The maximum absolute atomic E-state index is 12.1. The van der Waals surface area contributed by atoms with Gasteiger partial charge in [0.25, 0.3) is 5.28 Å². The molecule has 0 N–H and O–H groups in total. The van der Waals surface area contributed by atoms with E-state index >= 15 is 0 Å².